The van der Waals surface area contributed by atoms with Crippen LogP contribution in [0.1, 0.15) is 47.0 Å². The van der Waals surface area contributed by atoms with Crippen LogP contribution in [0.5, 0.6) is 0 Å². The fourth-order valence-corrected chi connectivity index (χ4v) is 2.62. The second-order valence-corrected chi connectivity index (χ2v) is 6.87. The highest BCUT2D eigenvalue weighted by molar-refractivity contribution is 5.87. The Morgan fingerprint density at radius 2 is 1.68 bits per heavy atom. The molecule has 4 nitrogen and oxygen atoms in total. The summed E-state index contributed by atoms with van der Waals surface area (Å²) in [5.74, 6) is -7.67. The van der Waals surface area contributed by atoms with Crippen LogP contribution in [0.15, 0.2) is 12.2 Å². The fourth-order valence-electron chi connectivity index (χ4n) is 2.62. The molecule has 0 aromatic carbocycles. The maximum atomic E-state index is 14.8. The molecule has 0 aromatic rings. The smallest absolute Gasteiger partial charge is 0.434 e. The van der Waals surface area contributed by atoms with Gasteiger partial charge in [0, 0.05) is 18.4 Å². The minimum atomic E-state index is -5.55. The van der Waals surface area contributed by atoms with Crippen LogP contribution in [0.4, 0.5) is 22.0 Å². The molecule has 0 N–H and O–H groups in total. The zero-order valence-electron chi connectivity index (χ0n) is 14.4. The van der Waals surface area contributed by atoms with Crippen molar-refractivity contribution in [1.29, 1.82) is 0 Å². The molecule has 1 rings (SSSR count). The minimum absolute atomic E-state index is 0.238. The molecule has 0 saturated heterocycles. The van der Waals surface area contributed by atoms with Crippen molar-refractivity contribution in [3.63, 3.8) is 0 Å². The Morgan fingerprint density at radius 1 is 1.16 bits per heavy atom. The zero-order chi connectivity index (χ0) is 19.8. The lowest BCUT2D eigenvalue weighted by Crippen LogP contribution is -2.64. The van der Waals surface area contributed by atoms with Crippen LogP contribution in [0.25, 0.3) is 0 Å². The first-order chi connectivity index (χ1) is 11.1. The van der Waals surface area contributed by atoms with E-state index in [0.717, 1.165) is 0 Å². The Hall–Kier alpha value is -1.67. The van der Waals surface area contributed by atoms with E-state index in [1.165, 1.54) is 20.8 Å². The van der Waals surface area contributed by atoms with Gasteiger partial charge in [-0.15, -0.1) is 0 Å². The Labute approximate surface area is 142 Å². The standard InChI is InChI=1S/C16H21F5O4/c1-9(2)8-11(22)24-14(16(19,20)21)7-6-13(5,15(14,17)18)25-12(23)10(3)4/h9H,3,6-8H2,1-2,4-5H3. The highest BCUT2D eigenvalue weighted by atomic mass is 19.4. The first kappa shape index (κ1) is 21.4. The van der Waals surface area contributed by atoms with Crippen LogP contribution in [0.3, 0.4) is 0 Å². The number of ether oxygens (including phenoxy) is 2. The molecular weight excluding hydrogens is 351 g/mol. The SMILES string of the molecule is C=C(C)C(=O)OC1(C)CCC(OC(=O)CC(C)C)(C(F)(F)F)C1(F)F. The first-order valence-electron chi connectivity index (χ1n) is 7.65. The quantitative estimate of drug-likeness (QED) is 0.413. The lowest BCUT2D eigenvalue weighted by atomic mass is 9.91. The number of hydrogen-bond acceptors (Lipinski definition) is 4. The fraction of sp³-hybridized carbons (Fsp3) is 0.750. The van der Waals surface area contributed by atoms with Crippen LogP contribution in [-0.4, -0.2) is 35.2 Å². The van der Waals surface area contributed by atoms with E-state index in [1.807, 2.05) is 0 Å². The minimum Gasteiger partial charge on any atom is -0.449 e. The van der Waals surface area contributed by atoms with Gasteiger partial charge in [0.2, 0.25) is 0 Å². The lowest BCUT2D eigenvalue weighted by Gasteiger charge is -2.40. The molecule has 1 saturated carbocycles. The van der Waals surface area contributed by atoms with Crippen molar-refractivity contribution in [3.05, 3.63) is 12.2 Å². The zero-order valence-corrected chi connectivity index (χ0v) is 14.4. The van der Waals surface area contributed by atoms with Crippen LogP contribution in [0.2, 0.25) is 0 Å². The summed E-state index contributed by atoms with van der Waals surface area (Å²) in [6.45, 7) is 8.16. The van der Waals surface area contributed by atoms with Crippen LogP contribution < -0.4 is 0 Å². The van der Waals surface area contributed by atoms with Crippen molar-refractivity contribution >= 4 is 11.9 Å². The van der Waals surface area contributed by atoms with Crippen molar-refractivity contribution in [2.75, 3.05) is 0 Å². The van der Waals surface area contributed by atoms with Crippen molar-refractivity contribution in [1.82, 2.24) is 0 Å². The number of carbonyl (C=O) groups excluding carboxylic acids is 2. The molecular formula is C16H21F5O4. The Kier molecular flexibility index (Phi) is 5.61. The van der Waals surface area contributed by atoms with E-state index in [4.69, 9.17) is 0 Å². The number of rotatable bonds is 5. The molecule has 2 unspecified atom stereocenters. The summed E-state index contributed by atoms with van der Waals surface area (Å²) in [7, 11) is 0. The van der Waals surface area contributed by atoms with Gasteiger partial charge in [-0.1, -0.05) is 20.4 Å². The molecule has 0 bridgehead atoms. The normalized spacial score (nSPS) is 28.7. The summed E-state index contributed by atoms with van der Waals surface area (Å²) in [6.07, 6.45) is -8.03. The topological polar surface area (TPSA) is 52.6 Å². The Bertz CT molecular complexity index is 569. The summed E-state index contributed by atoms with van der Waals surface area (Å²) in [4.78, 5) is 23.3. The van der Waals surface area contributed by atoms with E-state index in [2.05, 4.69) is 16.1 Å². The third-order valence-corrected chi connectivity index (χ3v) is 4.11. The predicted octanol–water partition coefficient (Wildman–Crippen LogP) is 4.18. The van der Waals surface area contributed by atoms with Crippen molar-refractivity contribution in [2.24, 2.45) is 5.92 Å². The molecule has 2 atom stereocenters. The van der Waals surface area contributed by atoms with Crippen molar-refractivity contribution in [3.8, 4) is 0 Å². The van der Waals surface area contributed by atoms with Crippen molar-refractivity contribution < 1.29 is 41.0 Å². The Balaban J connectivity index is 3.30. The molecule has 0 aromatic heterocycles. The summed E-state index contributed by atoms with van der Waals surface area (Å²) in [5, 5.41) is 0. The van der Waals surface area contributed by atoms with Gasteiger partial charge in [0.1, 0.15) is 0 Å². The number of halogens is 5. The summed E-state index contributed by atoms with van der Waals surface area (Å²) >= 11 is 0. The number of esters is 2. The van der Waals surface area contributed by atoms with Crippen LogP contribution in [-0.2, 0) is 19.1 Å². The average Bonchev–Trinajstić information content (AvgIpc) is 2.58. The molecule has 0 aliphatic heterocycles. The third kappa shape index (κ3) is 3.64. The number of hydrogen-bond donors (Lipinski definition) is 0. The van der Waals surface area contributed by atoms with Gasteiger partial charge < -0.3 is 9.47 Å². The number of alkyl halides is 5. The van der Waals surface area contributed by atoms with Gasteiger partial charge in [-0.3, -0.25) is 4.79 Å². The summed E-state index contributed by atoms with van der Waals surface area (Å²) in [5.41, 5.74) is -7.06. The second-order valence-electron chi connectivity index (χ2n) is 6.87. The van der Waals surface area contributed by atoms with E-state index in [0.29, 0.717) is 6.92 Å². The van der Waals surface area contributed by atoms with Gasteiger partial charge in [-0.2, -0.15) is 22.0 Å². The first-order valence-corrected chi connectivity index (χ1v) is 7.65. The summed E-state index contributed by atoms with van der Waals surface area (Å²) < 4.78 is 79.2. The molecule has 0 spiro atoms. The summed E-state index contributed by atoms with van der Waals surface area (Å²) in [6, 6.07) is 0. The molecule has 0 radical (unpaired) electrons. The maximum Gasteiger partial charge on any atom is 0.434 e. The molecule has 1 aliphatic carbocycles. The molecule has 144 valence electrons. The highest BCUT2D eigenvalue weighted by Crippen LogP contribution is 2.60. The third-order valence-electron chi connectivity index (χ3n) is 4.11. The van der Waals surface area contributed by atoms with E-state index >= 15 is 0 Å². The molecule has 25 heavy (non-hydrogen) atoms. The predicted molar refractivity (Wildman–Crippen MR) is 77.8 cm³/mol. The van der Waals surface area contributed by atoms with Crippen LogP contribution >= 0.6 is 0 Å². The van der Waals surface area contributed by atoms with E-state index < -0.39 is 54.5 Å². The van der Waals surface area contributed by atoms with Crippen molar-refractivity contribution in [2.45, 2.75) is 70.3 Å². The highest BCUT2D eigenvalue weighted by Gasteiger charge is 2.83. The van der Waals surface area contributed by atoms with E-state index in [9.17, 15) is 31.5 Å². The molecule has 1 fully saturated rings. The van der Waals surface area contributed by atoms with Gasteiger partial charge in [-0.05, 0) is 26.2 Å². The Morgan fingerprint density at radius 3 is 2.08 bits per heavy atom. The van der Waals surface area contributed by atoms with Gasteiger partial charge in [0.05, 0.1) is 0 Å². The van der Waals surface area contributed by atoms with Gasteiger partial charge in [0.25, 0.3) is 5.60 Å². The molecule has 9 heteroatoms. The van der Waals surface area contributed by atoms with E-state index in [-0.39, 0.29) is 11.5 Å². The van der Waals surface area contributed by atoms with Crippen LogP contribution in [0, 0.1) is 5.92 Å². The van der Waals surface area contributed by atoms with Gasteiger partial charge in [0.15, 0.2) is 5.60 Å². The molecule has 1 aliphatic rings. The maximum absolute atomic E-state index is 14.8. The lowest BCUT2D eigenvalue weighted by molar-refractivity contribution is -0.345. The monoisotopic (exact) mass is 372 g/mol. The number of carbonyl (C=O) groups is 2. The molecule has 0 amide bonds. The van der Waals surface area contributed by atoms with E-state index in [1.54, 1.807) is 0 Å². The van der Waals surface area contributed by atoms with Gasteiger partial charge in [-0.25, -0.2) is 4.79 Å². The average molecular weight is 372 g/mol. The largest absolute Gasteiger partial charge is 0.449 e. The molecule has 0 heterocycles. The van der Waals surface area contributed by atoms with Gasteiger partial charge >= 0.3 is 24.0 Å². The second kappa shape index (κ2) is 6.57.